The number of nitro groups is 1. The Morgan fingerprint density at radius 3 is 3.06 bits per heavy atom. The summed E-state index contributed by atoms with van der Waals surface area (Å²) in [5.74, 6) is 0.946. The maximum atomic E-state index is 10.4. The number of hydrogen-bond donors (Lipinski definition) is 1. The van der Waals surface area contributed by atoms with Crippen LogP contribution in [0.25, 0.3) is 0 Å². The molecule has 1 saturated heterocycles. The Hall–Kier alpha value is -1.69. The Balaban J connectivity index is 1.84. The molecule has 6 nitrogen and oxygen atoms in total. The van der Waals surface area contributed by atoms with E-state index in [1.807, 2.05) is 0 Å². The summed E-state index contributed by atoms with van der Waals surface area (Å²) in [5, 5.41) is 13.7. The van der Waals surface area contributed by atoms with Crippen molar-refractivity contribution < 1.29 is 9.66 Å². The molecule has 1 N–H and O–H groups in total. The van der Waals surface area contributed by atoms with Gasteiger partial charge in [0.15, 0.2) is 0 Å². The summed E-state index contributed by atoms with van der Waals surface area (Å²) >= 11 is 0. The second kappa shape index (κ2) is 5.58. The Morgan fingerprint density at radius 2 is 2.47 bits per heavy atom. The van der Waals surface area contributed by atoms with Crippen LogP contribution in [0.15, 0.2) is 18.3 Å². The topological polar surface area (TPSA) is 77.3 Å². The zero-order valence-corrected chi connectivity index (χ0v) is 9.46. The zero-order chi connectivity index (χ0) is 12.1. The smallest absolute Gasteiger partial charge is 0.287 e. The molecule has 6 heteroatoms. The standard InChI is InChI=1S/C11H15N3O3/c15-14(16)10-3-4-11(13-7-10)17-8-9-2-1-5-12-6-9/h3-4,7,9,12H,1-2,5-6,8H2. The largest absolute Gasteiger partial charge is 0.477 e. The van der Waals surface area contributed by atoms with Crippen LogP contribution < -0.4 is 10.1 Å². The third-order valence-electron chi connectivity index (χ3n) is 2.80. The molecule has 17 heavy (non-hydrogen) atoms. The first-order valence-electron chi connectivity index (χ1n) is 5.69. The van der Waals surface area contributed by atoms with Crippen molar-refractivity contribution in [1.82, 2.24) is 10.3 Å². The molecule has 0 aliphatic carbocycles. The van der Waals surface area contributed by atoms with Crippen LogP contribution in [0.1, 0.15) is 12.8 Å². The van der Waals surface area contributed by atoms with Crippen molar-refractivity contribution in [1.29, 1.82) is 0 Å². The van der Waals surface area contributed by atoms with Gasteiger partial charge in [0.05, 0.1) is 11.5 Å². The van der Waals surface area contributed by atoms with E-state index in [0.29, 0.717) is 18.4 Å². The Bertz CT molecular complexity index is 374. The van der Waals surface area contributed by atoms with Gasteiger partial charge in [0.2, 0.25) is 5.88 Å². The predicted octanol–water partition coefficient (Wildman–Crippen LogP) is 1.37. The fourth-order valence-electron chi connectivity index (χ4n) is 1.84. The summed E-state index contributed by atoms with van der Waals surface area (Å²) < 4.78 is 5.51. The number of hydrogen-bond acceptors (Lipinski definition) is 5. The molecule has 92 valence electrons. The van der Waals surface area contributed by atoms with E-state index in [2.05, 4.69) is 10.3 Å². The van der Waals surface area contributed by atoms with Crippen molar-refractivity contribution in [2.75, 3.05) is 19.7 Å². The van der Waals surface area contributed by atoms with Gasteiger partial charge < -0.3 is 10.1 Å². The molecule has 0 saturated carbocycles. The van der Waals surface area contributed by atoms with E-state index in [4.69, 9.17) is 4.74 Å². The minimum Gasteiger partial charge on any atom is -0.477 e. The molecule has 1 atom stereocenters. The summed E-state index contributed by atoms with van der Waals surface area (Å²) in [6, 6.07) is 2.94. The lowest BCUT2D eigenvalue weighted by Crippen LogP contribution is -2.33. The molecular weight excluding hydrogens is 222 g/mol. The van der Waals surface area contributed by atoms with Gasteiger partial charge in [0.25, 0.3) is 5.69 Å². The van der Waals surface area contributed by atoms with Crippen molar-refractivity contribution in [3.05, 3.63) is 28.4 Å². The second-order valence-electron chi connectivity index (χ2n) is 4.14. The number of ether oxygens (including phenoxy) is 1. The van der Waals surface area contributed by atoms with Crippen molar-refractivity contribution >= 4 is 5.69 Å². The molecule has 2 heterocycles. The molecule has 1 aromatic heterocycles. The molecule has 1 unspecified atom stereocenters. The first-order valence-corrected chi connectivity index (χ1v) is 5.69. The fourth-order valence-corrected chi connectivity index (χ4v) is 1.84. The molecule has 1 aliphatic heterocycles. The number of pyridine rings is 1. The van der Waals surface area contributed by atoms with Gasteiger partial charge >= 0.3 is 0 Å². The van der Waals surface area contributed by atoms with Crippen LogP contribution in [0.3, 0.4) is 0 Å². The van der Waals surface area contributed by atoms with E-state index in [0.717, 1.165) is 19.5 Å². The van der Waals surface area contributed by atoms with Crippen LogP contribution in [-0.4, -0.2) is 29.6 Å². The molecule has 2 rings (SSSR count). The number of nitrogens with zero attached hydrogens (tertiary/aromatic N) is 2. The Morgan fingerprint density at radius 1 is 1.59 bits per heavy atom. The van der Waals surface area contributed by atoms with Gasteiger partial charge in [0, 0.05) is 24.6 Å². The van der Waals surface area contributed by atoms with Gasteiger partial charge in [-0.05, 0) is 19.4 Å². The highest BCUT2D eigenvalue weighted by Gasteiger charge is 2.14. The van der Waals surface area contributed by atoms with Gasteiger partial charge in [-0.3, -0.25) is 10.1 Å². The molecule has 1 aliphatic rings. The Labute approximate surface area is 99.2 Å². The first kappa shape index (κ1) is 11.8. The van der Waals surface area contributed by atoms with Gasteiger partial charge in [-0.15, -0.1) is 0 Å². The highest BCUT2D eigenvalue weighted by atomic mass is 16.6. The van der Waals surface area contributed by atoms with E-state index >= 15 is 0 Å². The minimum absolute atomic E-state index is 0.0170. The number of aromatic nitrogens is 1. The highest BCUT2D eigenvalue weighted by molar-refractivity contribution is 5.28. The van der Waals surface area contributed by atoms with Crippen LogP contribution >= 0.6 is 0 Å². The maximum Gasteiger partial charge on any atom is 0.287 e. The zero-order valence-electron chi connectivity index (χ0n) is 9.46. The predicted molar refractivity (Wildman–Crippen MR) is 62.0 cm³/mol. The normalized spacial score (nSPS) is 19.9. The molecule has 0 amide bonds. The SMILES string of the molecule is O=[N+]([O-])c1ccc(OCC2CCCNC2)nc1. The number of rotatable bonds is 4. The van der Waals surface area contributed by atoms with Crippen LogP contribution in [0, 0.1) is 16.0 Å². The molecule has 1 aromatic rings. The third kappa shape index (κ3) is 3.39. The van der Waals surface area contributed by atoms with Crippen LogP contribution in [0.4, 0.5) is 5.69 Å². The van der Waals surface area contributed by atoms with Crippen molar-refractivity contribution in [3.8, 4) is 5.88 Å². The quantitative estimate of drug-likeness (QED) is 0.632. The number of nitrogens with one attached hydrogen (secondary N) is 1. The molecule has 0 radical (unpaired) electrons. The number of piperidine rings is 1. The third-order valence-corrected chi connectivity index (χ3v) is 2.80. The second-order valence-corrected chi connectivity index (χ2v) is 4.14. The Kier molecular flexibility index (Phi) is 3.87. The molecular formula is C11H15N3O3. The van der Waals surface area contributed by atoms with Gasteiger partial charge in [-0.25, -0.2) is 4.98 Å². The van der Waals surface area contributed by atoms with E-state index in [1.165, 1.54) is 24.8 Å². The lowest BCUT2D eigenvalue weighted by molar-refractivity contribution is -0.385. The lowest BCUT2D eigenvalue weighted by atomic mass is 10.0. The van der Waals surface area contributed by atoms with E-state index in [1.54, 1.807) is 0 Å². The van der Waals surface area contributed by atoms with Crippen LogP contribution in [0.5, 0.6) is 5.88 Å². The summed E-state index contributed by atoms with van der Waals surface area (Å²) in [6.45, 7) is 2.65. The van der Waals surface area contributed by atoms with Gasteiger partial charge in [0.1, 0.15) is 6.20 Å². The summed E-state index contributed by atoms with van der Waals surface area (Å²) in [6.07, 6.45) is 3.54. The average Bonchev–Trinajstić information content (AvgIpc) is 2.38. The monoisotopic (exact) mass is 237 g/mol. The molecule has 1 fully saturated rings. The fraction of sp³-hybridized carbons (Fsp3) is 0.545. The molecule has 0 aromatic carbocycles. The van der Waals surface area contributed by atoms with Crippen LogP contribution in [0.2, 0.25) is 0 Å². The van der Waals surface area contributed by atoms with E-state index in [9.17, 15) is 10.1 Å². The van der Waals surface area contributed by atoms with Gasteiger partial charge in [-0.1, -0.05) is 0 Å². The van der Waals surface area contributed by atoms with Crippen molar-refractivity contribution in [2.45, 2.75) is 12.8 Å². The maximum absolute atomic E-state index is 10.4. The summed E-state index contributed by atoms with van der Waals surface area (Å²) in [4.78, 5) is 13.9. The summed E-state index contributed by atoms with van der Waals surface area (Å²) in [5.41, 5.74) is -0.0170. The molecule has 0 spiro atoms. The first-order chi connectivity index (χ1) is 8.25. The van der Waals surface area contributed by atoms with Gasteiger partial charge in [-0.2, -0.15) is 0 Å². The summed E-state index contributed by atoms with van der Waals surface area (Å²) in [7, 11) is 0. The van der Waals surface area contributed by atoms with E-state index in [-0.39, 0.29) is 5.69 Å². The van der Waals surface area contributed by atoms with Crippen molar-refractivity contribution in [3.63, 3.8) is 0 Å². The average molecular weight is 237 g/mol. The molecule has 0 bridgehead atoms. The highest BCUT2D eigenvalue weighted by Crippen LogP contribution is 2.16. The van der Waals surface area contributed by atoms with E-state index < -0.39 is 4.92 Å². The lowest BCUT2D eigenvalue weighted by Gasteiger charge is -2.22. The van der Waals surface area contributed by atoms with Crippen molar-refractivity contribution in [2.24, 2.45) is 5.92 Å². The van der Waals surface area contributed by atoms with Crippen LogP contribution in [-0.2, 0) is 0 Å². The minimum atomic E-state index is -0.470.